The summed E-state index contributed by atoms with van der Waals surface area (Å²) in [6.07, 6.45) is 0.679. The minimum atomic E-state index is -3.68. The molecule has 1 fully saturated rings. The number of hydrogen-bond acceptors (Lipinski definition) is 5. The van der Waals surface area contributed by atoms with Crippen molar-refractivity contribution in [3.63, 3.8) is 0 Å². The van der Waals surface area contributed by atoms with Crippen molar-refractivity contribution in [2.45, 2.75) is 17.9 Å². The molecule has 166 valence electrons. The summed E-state index contributed by atoms with van der Waals surface area (Å²) in [6.45, 7) is 3.65. The number of likely N-dealkylation sites (N-methyl/N-ethyl adjacent to an activating group) is 1. The van der Waals surface area contributed by atoms with Crippen LogP contribution in [0.1, 0.15) is 11.1 Å². The van der Waals surface area contributed by atoms with Gasteiger partial charge in [0.25, 0.3) is 5.91 Å². The number of rotatable bonds is 5. The number of fused-ring (bicyclic) bond motifs is 1. The van der Waals surface area contributed by atoms with Crippen LogP contribution in [-0.4, -0.2) is 74.8 Å². The van der Waals surface area contributed by atoms with Crippen LogP contribution in [0.4, 0.5) is 0 Å². The smallest absolute Gasteiger partial charge is 0.260 e. The first-order valence-corrected chi connectivity index (χ1v) is 12.1. The van der Waals surface area contributed by atoms with Crippen molar-refractivity contribution < 1.29 is 17.9 Å². The van der Waals surface area contributed by atoms with Gasteiger partial charge < -0.3 is 14.5 Å². The first-order valence-electron chi connectivity index (χ1n) is 10.3. The number of piperazine rings is 1. The number of carbonyl (C=O) groups excluding carboxylic acids is 1. The van der Waals surface area contributed by atoms with Crippen LogP contribution in [0.25, 0.3) is 0 Å². The lowest BCUT2D eigenvalue weighted by atomic mass is 10.0. The van der Waals surface area contributed by atoms with Gasteiger partial charge in [-0.15, -0.1) is 0 Å². The lowest BCUT2D eigenvalue weighted by molar-refractivity contribution is -0.134. The summed E-state index contributed by atoms with van der Waals surface area (Å²) in [5.41, 5.74) is 2.20. The van der Waals surface area contributed by atoms with Crippen LogP contribution in [0.2, 0.25) is 5.02 Å². The van der Waals surface area contributed by atoms with E-state index >= 15 is 0 Å². The molecule has 0 bridgehead atoms. The normalized spacial score (nSPS) is 17.9. The molecule has 0 unspecified atom stereocenters. The largest absolute Gasteiger partial charge is 0.482 e. The molecule has 0 atom stereocenters. The average Bonchev–Trinajstić information content (AvgIpc) is 2.78. The molecule has 2 aliphatic heterocycles. The maximum Gasteiger partial charge on any atom is 0.260 e. The Morgan fingerprint density at radius 2 is 1.74 bits per heavy atom. The van der Waals surface area contributed by atoms with E-state index in [-0.39, 0.29) is 22.4 Å². The second-order valence-electron chi connectivity index (χ2n) is 7.92. The molecule has 9 heteroatoms. The number of hydrogen-bond donors (Lipinski definition) is 0. The number of ether oxygens (including phenoxy) is 1. The SMILES string of the molecule is CN1CCN(C(=O)COc2ccc(S(=O)(=O)N3CCc4ccccc4C3)cc2Cl)CC1. The molecule has 2 aliphatic rings. The van der Waals surface area contributed by atoms with Crippen molar-refractivity contribution in [3.05, 3.63) is 58.6 Å². The summed E-state index contributed by atoms with van der Waals surface area (Å²) in [5, 5.41) is 0.171. The number of sulfonamides is 1. The van der Waals surface area contributed by atoms with E-state index in [9.17, 15) is 13.2 Å². The summed E-state index contributed by atoms with van der Waals surface area (Å²) >= 11 is 6.30. The predicted molar refractivity (Wildman–Crippen MR) is 119 cm³/mol. The number of benzene rings is 2. The molecule has 4 rings (SSSR count). The minimum Gasteiger partial charge on any atom is -0.482 e. The van der Waals surface area contributed by atoms with Gasteiger partial charge >= 0.3 is 0 Å². The summed E-state index contributed by atoms with van der Waals surface area (Å²) in [4.78, 5) is 16.4. The van der Waals surface area contributed by atoms with Crippen LogP contribution in [0.15, 0.2) is 47.4 Å². The number of amides is 1. The molecule has 0 aliphatic carbocycles. The van der Waals surface area contributed by atoms with Gasteiger partial charge in [-0.3, -0.25) is 4.79 Å². The summed E-state index contributed by atoms with van der Waals surface area (Å²) in [7, 11) is -1.66. The number of carbonyl (C=O) groups is 1. The third-order valence-corrected chi connectivity index (χ3v) is 7.98. The second-order valence-corrected chi connectivity index (χ2v) is 10.3. The molecule has 1 amide bonds. The average molecular weight is 464 g/mol. The number of nitrogens with zero attached hydrogens (tertiary/aromatic N) is 3. The van der Waals surface area contributed by atoms with E-state index in [1.165, 1.54) is 28.1 Å². The highest BCUT2D eigenvalue weighted by atomic mass is 35.5. The van der Waals surface area contributed by atoms with Gasteiger partial charge in [-0.25, -0.2) is 8.42 Å². The molecule has 31 heavy (non-hydrogen) atoms. The Morgan fingerprint density at radius 3 is 2.45 bits per heavy atom. The monoisotopic (exact) mass is 463 g/mol. The molecular weight excluding hydrogens is 438 g/mol. The van der Waals surface area contributed by atoms with E-state index in [4.69, 9.17) is 16.3 Å². The van der Waals surface area contributed by atoms with Crippen LogP contribution in [0, 0.1) is 0 Å². The zero-order valence-electron chi connectivity index (χ0n) is 17.5. The molecule has 2 aromatic rings. The molecule has 7 nitrogen and oxygen atoms in total. The van der Waals surface area contributed by atoms with Crippen LogP contribution in [0.3, 0.4) is 0 Å². The summed E-state index contributed by atoms with van der Waals surface area (Å²) in [6, 6.07) is 12.3. The number of halogens is 1. The zero-order chi connectivity index (χ0) is 22.0. The molecule has 0 saturated carbocycles. The van der Waals surface area contributed by atoms with Crippen LogP contribution >= 0.6 is 11.6 Å². The van der Waals surface area contributed by atoms with E-state index < -0.39 is 10.0 Å². The molecule has 0 spiro atoms. The van der Waals surface area contributed by atoms with E-state index in [1.807, 2.05) is 31.3 Å². The first kappa shape index (κ1) is 22.1. The lowest BCUT2D eigenvalue weighted by Crippen LogP contribution is -2.48. The van der Waals surface area contributed by atoms with Gasteiger partial charge in [0.15, 0.2) is 6.61 Å². The Bertz CT molecular complexity index is 1070. The molecule has 0 N–H and O–H groups in total. The predicted octanol–water partition coefficient (Wildman–Crippen LogP) is 2.24. The van der Waals surface area contributed by atoms with E-state index in [0.717, 1.165) is 18.7 Å². The molecule has 2 aromatic carbocycles. The molecule has 1 saturated heterocycles. The van der Waals surface area contributed by atoms with Crippen molar-refractivity contribution in [1.29, 1.82) is 0 Å². The van der Waals surface area contributed by atoms with Gasteiger partial charge in [-0.05, 0) is 42.8 Å². The highest BCUT2D eigenvalue weighted by Crippen LogP contribution is 2.31. The Labute approximate surface area is 188 Å². The third-order valence-electron chi connectivity index (χ3n) is 5.84. The molecule has 0 radical (unpaired) electrons. The van der Waals surface area contributed by atoms with Crippen molar-refractivity contribution in [2.24, 2.45) is 0 Å². The fourth-order valence-corrected chi connectivity index (χ4v) is 5.62. The van der Waals surface area contributed by atoms with Crippen LogP contribution < -0.4 is 4.74 Å². The molecule has 2 heterocycles. The maximum absolute atomic E-state index is 13.1. The lowest BCUT2D eigenvalue weighted by Gasteiger charge is -2.32. The summed E-state index contributed by atoms with van der Waals surface area (Å²) in [5.74, 6) is 0.194. The first-order chi connectivity index (χ1) is 14.8. The Morgan fingerprint density at radius 1 is 1.03 bits per heavy atom. The molecule has 0 aromatic heterocycles. The Hall–Kier alpha value is -2.13. The van der Waals surface area contributed by atoms with Gasteiger partial charge in [0, 0.05) is 39.3 Å². The van der Waals surface area contributed by atoms with E-state index in [1.54, 1.807) is 4.90 Å². The Balaban J connectivity index is 1.42. The van der Waals surface area contributed by atoms with Crippen molar-refractivity contribution in [2.75, 3.05) is 46.4 Å². The fraction of sp³-hybridized carbons (Fsp3) is 0.409. The Kier molecular flexibility index (Phi) is 6.52. The van der Waals surface area contributed by atoms with Crippen molar-refractivity contribution in [1.82, 2.24) is 14.1 Å². The zero-order valence-corrected chi connectivity index (χ0v) is 19.0. The minimum absolute atomic E-state index is 0.104. The van der Waals surface area contributed by atoms with Crippen LogP contribution in [-0.2, 0) is 27.8 Å². The highest BCUT2D eigenvalue weighted by Gasteiger charge is 2.29. The fourth-order valence-electron chi connectivity index (χ4n) is 3.87. The summed E-state index contributed by atoms with van der Waals surface area (Å²) < 4.78 is 33.3. The van der Waals surface area contributed by atoms with Gasteiger partial charge in [-0.2, -0.15) is 4.31 Å². The quantitative estimate of drug-likeness (QED) is 0.680. The standard InChI is InChI=1S/C22H26ClN3O4S/c1-24-10-12-25(13-11-24)22(27)16-30-21-7-6-19(14-20(21)23)31(28,29)26-9-8-17-4-2-3-5-18(17)15-26/h2-7,14H,8-13,15-16H2,1H3. The second kappa shape index (κ2) is 9.16. The van der Waals surface area contributed by atoms with Gasteiger partial charge in [-0.1, -0.05) is 35.9 Å². The highest BCUT2D eigenvalue weighted by molar-refractivity contribution is 7.89. The third kappa shape index (κ3) is 4.87. The van der Waals surface area contributed by atoms with Gasteiger partial charge in [0.2, 0.25) is 10.0 Å². The van der Waals surface area contributed by atoms with Gasteiger partial charge in [0.05, 0.1) is 9.92 Å². The van der Waals surface area contributed by atoms with Crippen molar-refractivity contribution >= 4 is 27.5 Å². The van der Waals surface area contributed by atoms with Crippen molar-refractivity contribution in [3.8, 4) is 5.75 Å². The topological polar surface area (TPSA) is 70.2 Å². The molecular formula is C22H26ClN3O4S. The van der Waals surface area contributed by atoms with E-state index in [2.05, 4.69) is 4.90 Å². The van der Waals surface area contributed by atoms with Crippen LogP contribution in [0.5, 0.6) is 5.75 Å². The maximum atomic E-state index is 13.1. The van der Waals surface area contributed by atoms with E-state index in [0.29, 0.717) is 38.3 Å². The van der Waals surface area contributed by atoms with Gasteiger partial charge in [0.1, 0.15) is 5.75 Å².